The quantitative estimate of drug-likeness (QED) is 0.568. The van der Waals surface area contributed by atoms with E-state index in [9.17, 15) is 4.39 Å². The van der Waals surface area contributed by atoms with Crippen LogP contribution in [0.15, 0.2) is 54.6 Å². The summed E-state index contributed by atoms with van der Waals surface area (Å²) in [4.78, 5) is 4.98. The maximum Gasteiger partial charge on any atom is 0.173 e. The molecule has 5 rings (SSSR count). The van der Waals surface area contributed by atoms with E-state index < -0.39 is 0 Å². The van der Waals surface area contributed by atoms with E-state index in [0.717, 1.165) is 44.5 Å². The third-order valence-corrected chi connectivity index (χ3v) is 7.01. The van der Waals surface area contributed by atoms with E-state index >= 15 is 0 Å². The highest BCUT2D eigenvalue weighted by molar-refractivity contribution is 5.27. The van der Waals surface area contributed by atoms with Crippen molar-refractivity contribution in [3.8, 4) is 0 Å². The van der Waals surface area contributed by atoms with Crippen molar-refractivity contribution in [3.05, 3.63) is 77.4 Å². The number of benzene rings is 2. The summed E-state index contributed by atoms with van der Waals surface area (Å²) >= 11 is 0. The molecule has 0 radical (unpaired) electrons. The Kier molecular flexibility index (Phi) is 6.55. The van der Waals surface area contributed by atoms with Gasteiger partial charge in [0.05, 0.1) is 0 Å². The molecule has 1 saturated carbocycles. The third kappa shape index (κ3) is 4.59. The average molecular weight is 435 g/mol. The Labute approximate surface area is 189 Å². The van der Waals surface area contributed by atoms with Gasteiger partial charge < -0.3 is 0 Å². The lowest BCUT2D eigenvalue weighted by atomic mass is 10.0. The van der Waals surface area contributed by atoms with Gasteiger partial charge in [0.25, 0.3) is 0 Å². The molecule has 0 bridgehead atoms. The predicted octanol–water partition coefficient (Wildman–Crippen LogP) is 3.70. The van der Waals surface area contributed by atoms with E-state index in [0.29, 0.717) is 12.1 Å². The van der Waals surface area contributed by atoms with E-state index in [2.05, 4.69) is 37.5 Å². The highest BCUT2D eigenvalue weighted by Crippen LogP contribution is 2.31. The molecule has 2 heterocycles. The van der Waals surface area contributed by atoms with Crippen LogP contribution in [0.25, 0.3) is 0 Å². The zero-order chi connectivity index (χ0) is 21.8. The molecule has 3 aromatic rings. The lowest BCUT2D eigenvalue weighted by molar-refractivity contribution is 0.0760. The van der Waals surface area contributed by atoms with Gasteiger partial charge in [-0.2, -0.15) is 0 Å². The normalized spacial score (nSPS) is 19.4. The highest BCUT2D eigenvalue weighted by atomic mass is 19.1. The fourth-order valence-electron chi connectivity index (χ4n) is 5.27. The number of hydrogen-bond donors (Lipinski definition) is 0. The monoisotopic (exact) mass is 434 g/mol. The number of tetrazole rings is 1. The topological polar surface area (TPSA) is 50.1 Å². The van der Waals surface area contributed by atoms with Gasteiger partial charge in [-0.1, -0.05) is 61.4 Å². The van der Waals surface area contributed by atoms with Crippen LogP contribution in [0.5, 0.6) is 0 Å². The Morgan fingerprint density at radius 3 is 2.38 bits per heavy atom. The second-order valence-corrected chi connectivity index (χ2v) is 8.93. The molecule has 2 fully saturated rings. The molecule has 2 aromatic carbocycles. The molecule has 1 aliphatic heterocycles. The Morgan fingerprint density at radius 2 is 1.62 bits per heavy atom. The summed E-state index contributed by atoms with van der Waals surface area (Å²) in [5, 5.41) is 12.7. The van der Waals surface area contributed by atoms with Crippen LogP contribution in [0, 0.1) is 5.82 Å². The summed E-state index contributed by atoms with van der Waals surface area (Å²) in [6, 6.07) is 17.8. The first-order chi connectivity index (χ1) is 15.8. The standard InChI is InChI=1S/C25H31FN6/c26-23-13-7-6-12-22(23)24(31-18-16-30(17-19-31)21-10-4-5-11-21)25-27-28-29-32(25)15-14-20-8-2-1-3-9-20/h1-3,6-9,12-13,21,24H,4-5,10-11,14-19H2. The fourth-order valence-corrected chi connectivity index (χ4v) is 5.27. The van der Waals surface area contributed by atoms with Gasteiger partial charge in [-0.15, -0.1) is 5.10 Å². The zero-order valence-corrected chi connectivity index (χ0v) is 18.5. The molecule has 0 N–H and O–H groups in total. The van der Waals surface area contributed by atoms with E-state index in [1.807, 2.05) is 35.0 Å². The van der Waals surface area contributed by atoms with Crippen LogP contribution in [0.4, 0.5) is 4.39 Å². The number of aryl methyl sites for hydroxylation is 2. The molecule has 7 heteroatoms. The van der Waals surface area contributed by atoms with Crippen molar-refractivity contribution in [1.29, 1.82) is 0 Å². The van der Waals surface area contributed by atoms with Gasteiger partial charge in [0.2, 0.25) is 0 Å². The predicted molar refractivity (Wildman–Crippen MR) is 122 cm³/mol. The molecule has 1 aliphatic carbocycles. The zero-order valence-electron chi connectivity index (χ0n) is 18.5. The largest absolute Gasteiger partial charge is 0.298 e. The van der Waals surface area contributed by atoms with Crippen molar-refractivity contribution in [2.45, 2.75) is 50.7 Å². The summed E-state index contributed by atoms with van der Waals surface area (Å²) in [5.41, 5.74) is 1.89. The van der Waals surface area contributed by atoms with Crippen LogP contribution < -0.4 is 0 Å². The van der Waals surface area contributed by atoms with Crippen molar-refractivity contribution in [1.82, 2.24) is 30.0 Å². The smallest absolute Gasteiger partial charge is 0.173 e. The van der Waals surface area contributed by atoms with Crippen molar-refractivity contribution >= 4 is 0 Å². The second kappa shape index (κ2) is 9.88. The average Bonchev–Trinajstić information content (AvgIpc) is 3.53. The minimum absolute atomic E-state index is 0.201. The maximum atomic E-state index is 15.0. The number of aromatic nitrogens is 4. The van der Waals surface area contributed by atoms with Crippen LogP contribution in [0.2, 0.25) is 0 Å². The van der Waals surface area contributed by atoms with E-state index in [1.165, 1.54) is 37.3 Å². The maximum absolute atomic E-state index is 15.0. The van der Waals surface area contributed by atoms with Gasteiger partial charge >= 0.3 is 0 Å². The number of hydrogen-bond acceptors (Lipinski definition) is 5. The fraction of sp³-hybridized carbons (Fsp3) is 0.480. The lowest BCUT2D eigenvalue weighted by Crippen LogP contribution is -2.51. The van der Waals surface area contributed by atoms with E-state index in [1.54, 1.807) is 6.07 Å². The molecule has 32 heavy (non-hydrogen) atoms. The molecule has 0 amide bonds. The lowest BCUT2D eigenvalue weighted by Gasteiger charge is -2.41. The van der Waals surface area contributed by atoms with E-state index in [-0.39, 0.29) is 11.9 Å². The Bertz CT molecular complexity index is 992. The third-order valence-electron chi connectivity index (χ3n) is 7.01. The van der Waals surface area contributed by atoms with Crippen molar-refractivity contribution in [2.75, 3.05) is 26.2 Å². The van der Waals surface area contributed by atoms with Gasteiger partial charge in [0.1, 0.15) is 11.9 Å². The molecule has 1 aromatic heterocycles. The molecule has 1 unspecified atom stereocenters. The van der Waals surface area contributed by atoms with Gasteiger partial charge in [0.15, 0.2) is 5.82 Å². The minimum atomic E-state index is -0.285. The molecule has 0 spiro atoms. The van der Waals surface area contributed by atoms with Crippen LogP contribution in [0.1, 0.15) is 48.7 Å². The summed E-state index contributed by atoms with van der Waals surface area (Å²) in [7, 11) is 0. The molecule has 6 nitrogen and oxygen atoms in total. The summed E-state index contributed by atoms with van der Waals surface area (Å²) in [6.07, 6.45) is 6.15. The van der Waals surface area contributed by atoms with Crippen molar-refractivity contribution in [3.63, 3.8) is 0 Å². The van der Waals surface area contributed by atoms with Gasteiger partial charge in [0, 0.05) is 44.3 Å². The van der Waals surface area contributed by atoms with Gasteiger partial charge in [-0.25, -0.2) is 9.07 Å². The number of nitrogens with zero attached hydrogens (tertiary/aromatic N) is 6. The number of halogens is 1. The van der Waals surface area contributed by atoms with Crippen LogP contribution in [-0.2, 0) is 13.0 Å². The summed E-state index contributed by atoms with van der Waals surface area (Å²) in [5.74, 6) is 0.522. The Morgan fingerprint density at radius 1 is 0.906 bits per heavy atom. The Hall–Kier alpha value is -2.64. The van der Waals surface area contributed by atoms with Gasteiger partial charge in [-0.3, -0.25) is 9.80 Å². The molecular weight excluding hydrogens is 403 g/mol. The first-order valence-electron chi connectivity index (χ1n) is 11.8. The molecule has 1 saturated heterocycles. The summed E-state index contributed by atoms with van der Waals surface area (Å²) < 4.78 is 16.8. The SMILES string of the molecule is Fc1ccccc1C(c1nnnn1CCc1ccccc1)N1CCN(C2CCCC2)CC1. The minimum Gasteiger partial charge on any atom is -0.298 e. The molecular formula is C25H31FN6. The first kappa shape index (κ1) is 21.2. The molecule has 1 atom stereocenters. The van der Waals surface area contributed by atoms with Crippen LogP contribution in [-0.4, -0.2) is 62.2 Å². The molecule has 168 valence electrons. The Balaban J connectivity index is 1.38. The van der Waals surface area contributed by atoms with Crippen LogP contribution in [0.3, 0.4) is 0 Å². The molecule has 2 aliphatic rings. The van der Waals surface area contributed by atoms with Crippen molar-refractivity contribution < 1.29 is 4.39 Å². The van der Waals surface area contributed by atoms with E-state index in [4.69, 9.17) is 0 Å². The second-order valence-electron chi connectivity index (χ2n) is 8.93. The highest BCUT2D eigenvalue weighted by Gasteiger charge is 2.34. The number of rotatable bonds is 7. The van der Waals surface area contributed by atoms with Gasteiger partial charge in [-0.05, 0) is 41.3 Å². The first-order valence-corrected chi connectivity index (χ1v) is 11.8. The van der Waals surface area contributed by atoms with Crippen LogP contribution >= 0.6 is 0 Å². The number of piperazine rings is 1. The summed E-state index contributed by atoms with van der Waals surface area (Å²) in [6.45, 7) is 4.48. The van der Waals surface area contributed by atoms with Crippen molar-refractivity contribution in [2.24, 2.45) is 0 Å².